The minimum atomic E-state index is -3.70. The molecule has 184 valence electrons. The second-order valence-corrected chi connectivity index (χ2v) is 10.4. The number of ether oxygens (including phenoxy) is 1. The van der Waals surface area contributed by atoms with Gasteiger partial charge >= 0.3 is 0 Å². The molecule has 0 aliphatic carbocycles. The van der Waals surface area contributed by atoms with Crippen molar-refractivity contribution in [2.24, 2.45) is 0 Å². The van der Waals surface area contributed by atoms with Crippen molar-refractivity contribution in [1.29, 1.82) is 0 Å². The lowest BCUT2D eigenvalue weighted by atomic mass is 10.2. The van der Waals surface area contributed by atoms with Crippen molar-refractivity contribution in [2.75, 3.05) is 50.5 Å². The number of nitrogens with zero attached hydrogens (tertiary/aromatic N) is 2. The Bertz CT molecular complexity index is 1130. The summed E-state index contributed by atoms with van der Waals surface area (Å²) in [5.74, 6) is -0.579. The van der Waals surface area contributed by atoms with E-state index >= 15 is 0 Å². The average molecular weight is 489 g/mol. The highest BCUT2D eigenvalue weighted by Gasteiger charge is 2.28. The van der Waals surface area contributed by atoms with E-state index in [-0.39, 0.29) is 23.3 Å². The van der Waals surface area contributed by atoms with Crippen molar-refractivity contribution < 1.29 is 22.7 Å². The van der Waals surface area contributed by atoms with Crippen LogP contribution >= 0.6 is 0 Å². The highest BCUT2D eigenvalue weighted by atomic mass is 32.2. The summed E-state index contributed by atoms with van der Waals surface area (Å²) in [6.07, 6.45) is 0. The van der Waals surface area contributed by atoms with Gasteiger partial charge in [-0.05, 0) is 57.6 Å². The number of hydrogen-bond acceptors (Lipinski definition) is 6. The van der Waals surface area contributed by atoms with Crippen LogP contribution in [0.2, 0.25) is 0 Å². The van der Waals surface area contributed by atoms with Crippen LogP contribution in [-0.4, -0.2) is 75.4 Å². The maximum Gasteiger partial charge on any atom is 0.243 e. The predicted octanol–water partition coefficient (Wildman–Crippen LogP) is 2.22. The van der Waals surface area contributed by atoms with E-state index < -0.39 is 16.1 Å². The first kappa shape index (κ1) is 25.8. The molecule has 1 heterocycles. The van der Waals surface area contributed by atoms with E-state index in [9.17, 15) is 18.0 Å². The fourth-order valence-electron chi connectivity index (χ4n) is 3.53. The van der Waals surface area contributed by atoms with Gasteiger partial charge in [-0.25, -0.2) is 8.42 Å². The fourth-order valence-corrected chi connectivity index (χ4v) is 5.19. The number of anilines is 2. The summed E-state index contributed by atoms with van der Waals surface area (Å²) in [4.78, 5) is 27.0. The second kappa shape index (κ2) is 11.1. The molecule has 0 saturated carbocycles. The van der Waals surface area contributed by atoms with Crippen LogP contribution in [0, 0.1) is 13.8 Å². The largest absolute Gasteiger partial charge is 0.379 e. The molecule has 9 nitrogen and oxygen atoms in total. The molecule has 2 amide bonds. The lowest BCUT2D eigenvalue weighted by Gasteiger charge is -2.27. The van der Waals surface area contributed by atoms with Crippen molar-refractivity contribution in [1.82, 2.24) is 9.21 Å². The van der Waals surface area contributed by atoms with E-state index in [2.05, 4.69) is 10.6 Å². The van der Waals surface area contributed by atoms with Crippen molar-refractivity contribution in [3.63, 3.8) is 0 Å². The molecule has 1 aliphatic heterocycles. The van der Waals surface area contributed by atoms with Crippen LogP contribution in [0.25, 0.3) is 0 Å². The van der Waals surface area contributed by atoms with Crippen LogP contribution in [-0.2, 0) is 24.3 Å². The molecule has 10 heteroatoms. The van der Waals surface area contributed by atoms with Crippen LogP contribution in [0.4, 0.5) is 11.4 Å². The number of amides is 2. The van der Waals surface area contributed by atoms with Gasteiger partial charge < -0.3 is 15.4 Å². The summed E-state index contributed by atoms with van der Waals surface area (Å²) in [6.45, 7) is 6.71. The normalized spacial score (nSPS) is 15.7. The lowest BCUT2D eigenvalue weighted by Crippen LogP contribution is -2.43. The molecule has 0 spiro atoms. The van der Waals surface area contributed by atoms with Gasteiger partial charge in [0.1, 0.15) is 0 Å². The van der Waals surface area contributed by atoms with Gasteiger partial charge in [0.2, 0.25) is 21.8 Å². The predicted molar refractivity (Wildman–Crippen MR) is 131 cm³/mol. The molecule has 1 aliphatic rings. The van der Waals surface area contributed by atoms with Crippen LogP contribution in [0.15, 0.2) is 47.4 Å². The first-order valence-electron chi connectivity index (χ1n) is 11.1. The van der Waals surface area contributed by atoms with Gasteiger partial charge in [-0.15, -0.1) is 0 Å². The van der Waals surface area contributed by atoms with Gasteiger partial charge in [-0.3, -0.25) is 14.5 Å². The summed E-state index contributed by atoms with van der Waals surface area (Å²) < 4.78 is 32.8. The first-order valence-corrected chi connectivity index (χ1v) is 12.6. The van der Waals surface area contributed by atoms with E-state index in [1.54, 1.807) is 37.9 Å². The van der Waals surface area contributed by atoms with Crippen LogP contribution in [0.5, 0.6) is 0 Å². The molecular weight excluding hydrogens is 456 g/mol. The van der Waals surface area contributed by atoms with Crippen LogP contribution in [0.3, 0.4) is 0 Å². The standard InChI is InChI=1S/C24H32N4O5S/c1-17-5-8-20(9-6-17)25-23(29)16-27(4)19(3)24(30)26-21-10-7-18(2)22(15-21)34(31,32)28-11-13-33-14-12-28/h5-10,15,19H,11-14,16H2,1-4H3,(H,25,29)(H,26,30)/t19-/m1/s1. The summed E-state index contributed by atoms with van der Waals surface area (Å²) in [5.41, 5.74) is 2.77. The number of likely N-dealkylation sites (N-methyl/N-ethyl adjacent to an activating group) is 1. The zero-order chi connectivity index (χ0) is 24.9. The third-order valence-electron chi connectivity index (χ3n) is 5.81. The number of nitrogens with one attached hydrogen (secondary N) is 2. The van der Waals surface area contributed by atoms with Gasteiger partial charge in [0.25, 0.3) is 0 Å². The van der Waals surface area contributed by atoms with Crippen LogP contribution < -0.4 is 10.6 Å². The van der Waals surface area contributed by atoms with Gasteiger partial charge in [-0.2, -0.15) is 4.31 Å². The second-order valence-electron chi connectivity index (χ2n) is 8.49. The maximum atomic E-state index is 13.1. The molecule has 0 aromatic heterocycles. The number of carbonyl (C=O) groups is 2. The van der Waals surface area contributed by atoms with Gasteiger partial charge in [0.05, 0.1) is 30.7 Å². The Hall–Kier alpha value is -2.79. The van der Waals surface area contributed by atoms with Gasteiger partial charge in [-0.1, -0.05) is 23.8 Å². The molecular formula is C24H32N4O5S. The Labute approximate surface area is 201 Å². The van der Waals surface area contributed by atoms with Crippen molar-refractivity contribution in [2.45, 2.75) is 31.7 Å². The SMILES string of the molecule is Cc1ccc(NC(=O)CN(C)[C@H](C)C(=O)Nc2ccc(C)c(S(=O)(=O)N3CCOCC3)c2)cc1. The van der Waals surface area contributed by atoms with E-state index in [1.165, 1.54) is 10.4 Å². The number of sulfonamides is 1. The Balaban J connectivity index is 1.63. The zero-order valence-electron chi connectivity index (χ0n) is 20.0. The van der Waals surface area contributed by atoms with Crippen molar-refractivity contribution >= 4 is 33.2 Å². The third kappa shape index (κ3) is 6.41. The molecule has 0 bridgehead atoms. The molecule has 34 heavy (non-hydrogen) atoms. The number of rotatable bonds is 8. The number of hydrogen-bond donors (Lipinski definition) is 2. The van der Waals surface area contributed by atoms with E-state index in [0.29, 0.717) is 43.2 Å². The molecule has 2 N–H and O–H groups in total. The molecule has 1 saturated heterocycles. The number of morpholine rings is 1. The lowest BCUT2D eigenvalue weighted by molar-refractivity contribution is -0.122. The zero-order valence-corrected chi connectivity index (χ0v) is 20.8. The molecule has 1 atom stereocenters. The molecule has 2 aromatic rings. The molecule has 0 radical (unpaired) electrons. The highest BCUT2D eigenvalue weighted by Crippen LogP contribution is 2.24. The Morgan fingerprint density at radius 2 is 1.65 bits per heavy atom. The molecule has 2 aromatic carbocycles. The number of benzene rings is 2. The van der Waals surface area contributed by atoms with E-state index in [4.69, 9.17) is 4.74 Å². The fraction of sp³-hybridized carbons (Fsp3) is 0.417. The minimum Gasteiger partial charge on any atom is -0.379 e. The molecule has 0 unspecified atom stereocenters. The van der Waals surface area contributed by atoms with Crippen molar-refractivity contribution in [3.05, 3.63) is 53.6 Å². The highest BCUT2D eigenvalue weighted by molar-refractivity contribution is 7.89. The van der Waals surface area contributed by atoms with E-state index in [1.807, 2.05) is 31.2 Å². The summed E-state index contributed by atoms with van der Waals surface area (Å²) >= 11 is 0. The Kier molecular flexibility index (Phi) is 8.42. The quantitative estimate of drug-likeness (QED) is 0.590. The Morgan fingerprint density at radius 3 is 2.29 bits per heavy atom. The van der Waals surface area contributed by atoms with E-state index in [0.717, 1.165) is 5.56 Å². The van der Waals surface area contributed by atoms with Crippen LogP contribution in [0.1, 0.15) is 18.1 Å². The molecule has 3 rings (SSSR count). The topological polar surface area (TPSA) is 108 Å². The van der Waals surface area contributed by atoms with Crippen molar-refractivity contribution in [3.8, 4) is 0 Å². The minimum absolute atomic E-state index is 0.0209. The summed E-state index contributed by atoms with van der Waals surface area (Å²) in [6, 6.07) is 11.7. The monoisotopic (exact) mass is 488 g/mol. The maximum absolute atomic E-state index is 13.1. The number of carbonyl (C=O) groups excluding carboxylic acids is 2. The molecule has 1 fully saturated rings. The summed E-state index contributed by atoms with van der Waals surface area (Å²) in [7, 11) is -2.01. The van der Waals surface area contributed by atoms with Gasteiger partial charge in [0.15, 0.2) is 0 Å². The third-order valence-corrected chi connectivity index (χ3v) is 7.85. The first-order chi connectivity index (χ1) is 16.1. The Morgan fingerprint density at radius 1 is 1.03 bits per heavy atom. The average Bonchev–Trinajstić information content (AvgIpc) is 2.81. The summed E-state index contributed by atoms with van der Waals surface area (Å²) in [5, 5.41) is 5.59. The smallest absolute Gasteiger partial charge is 0.243 e. The number of aryl methyl sites for hydroxylation is 2. The van der Waals surface area contributed by atoms with Gasteiger partial charge in [0, 0.05) is 24.5 Å².